The van der Waals surface area contributed by atoms with Gasteiger partial charge in [-0.1, -0.05) is 0 Å². The van der Waals surface area contributed by atoms with Gasteiger partial charge in [0.05, 0.1) is 6.20 Å². The standard InChI is InChI=1S/C13H17N5O2/c19-13(20)12-10(6-15-17-12)8-18-5-1-2-9(7-18)11-3-4-14-16-11/h3-4,6,9H,1-2,5,7-8H2,(H,14,16)(H,15,17)(H,19,20)/t9-/m0/s1. The van der Waals surface area contributed by atoms with Gasteiger partial charge in [0.1, 0.15) is 5.69 Å². The molecule has 0 aromatic carbocycles. The van der Waals surface area contributed by atoms with Gasteiger partial charge in [-0.2, -0.15) is 10.2 Å². The fourth-order valence-electron chi connectivity index (χ4n) is 2.80. The maximum Gasteiger partial charge on any atom is 0.354 e. The molecule has 0 bridgehead atoms. The molecule has 0 amide bonds. The second-order valence-electron chi connectivity index (χ2n) is 5.16. The predicted molar refractivity (Wildman–Crippen MR) is 71.4 cm³/mol. The maximum atomic E-state index is 11.1. The van der Waals surface area contributed by atoms with Crippen LogP contribution < -0.4 is 0 Å². The summed E-state index contributed by atoms with van der Waals surface area (Å²) in [4.78, 5) is 13.3. The number of nitrogens with zero attached hydrogens (tertiary/aromatic N) is 3. The van der Waals surface area contributed by atoms with Crippen molar-refractivity contribution in [2.75, 3.05) is 13.1 Å². The number of aromatic carboxylic acids is 1. The van der Waals surface area contributed by atoms with E-state index in [1.54, 1.807) is 12.4 Å². The molecule has 0 radical (unpaired) electrons. The van der Waals surface area contributed by atoms with Gasteiger partial charge in [-0.3, -0.25) is 15.1 Å². The first-order valence-electron chi connectivity index (χ1n) is 6.71. The van der Waals surface area contributed by atoms with Crippen LogP contribution in [0.25, 0.3) is 0 Å². The van der Waals surface area contributed by atoms with Gasteiger partial charge >= 0.3 is 5.97 Å². The van der Waals surface area contributed by atoms with Crippen LogP contribution in [-0.4, -0.2) is 49.5 Å². The summed E-state index contributed by atoms with van der Waals surface area (Å²) >= 11 is 0. The Morgan fingerprint density at radius 1 is 1.45 bits per heavy atom. The molecular formula is C13H17N5O2. The summed E-state index contributed by atoms with van der Waals surface area (Å²) < 4.78 is 0. The largest absolute Gasteiger partial charge is 0.477 e. The number of aromatic amines is 2. The van der Waals surface area contributed by atoms with Crippen LogP contribution in [0.3, 0.4) is 0 Å². The van der Waals surface area contributed by atoms with E-state index in [9.17, 15) is 4.79 Å². The van der Waals surface area contributed by atoms with Gasteiger partial charge in [0.25, 0.3) is 0 Å². The molecule has 3 heterocycles. The maximum absolute atomic E-state index is 11.1. The third-order valence-electron chi connectivity index (χ3n) is 3.79. The number of carboxylic acid groups (broad SMARTS) is 1. The van der Waals surface area contributed by atoms with E-state index in [4.69, 9.17) is 5.11 Å². The molecule has 2 aromatic heterocycles. The molecule has 0 aliphatic carbocycles. The predicted octanol–water partition coefficient (Wildman–Crippen LogP) is 1.21. The molecule has 7 heteroatoms. The lowest BCUT2D eigenvalue weighted by Gasteiger charge is -2.31. The third-order valence-corrected chi connectivity index (χ3v) is 3.79. The average Bonchev–Trinajstić information content (AvgIpc) is 3.10. The number of piperidine rings is 1. The molecule has 2 aromatic rings. The molecule has 1 aliphatic heterocycles. The number of hydrogen-bond acceptors (Lipinski definition) is 4. The van der Waals surface area contributed by atoms with Gasteiger partial charge in [0.2, 0.25) is 0 Å². The SMILES string of the molecule is O=C(O)c1[nH]ncc1CN1CCC[C@H](c2ccn[nH]2)C1. The smallest absolute Gasteiger partial charge is 0.354 e. The molecule has 1 atom stereocenters. The first-order valence-corrected chi connectivity index (χ1v) is 6.71. The van der Waals surface area contributed by atoms with E-state index in [1.165, 1.54) is 0 Å². The lowest BCUT2D eigenvalue weighted by Crippen LogP contribution is -2.34. The van der Waals surface area contributed by atoms with E-state index in [0.717, 1.165) is 37.2 Å². The van der Waals surface area contributed by atoms with Crippen molar-refractivity contribution >= 4 is 5.97 Å². The summed E-state index contributed by atoms with van der Waals surface area (Å²) in [6.45, 7) is 2.50. The molecule has 1 saturated heterocycles. The van der Waals surface area contributed by atoms with Crippen molar-refractivity contribution in [1.29, 1.82) is 0 Å². The average molecular weight is 275 g/mol. The number of hydrogen-bond donors (Lipinski definition) is 3. The molecule has 106 valence electrons. The highest BCUT2D eigenvalue weighted by molar-refractivity contribution is 5.86. The van der Waals surface area contributed by atoms with Gasteiger partial charge in [-0.05, 0) is 25.5 Å². The van der Waals surface area contributed by atoms with Gasteiger partial charge in [0, 0.05) is 36.5 Å². The van der Waals surface area contributed by atoms with Crippen LogP contribution in [-0.2, 0) is 6.54 Å². The normalized spacial score (nSPS) is 20.1. The molecule has 3 rings (SSSR count). The second kappa shape index (κ2) is 5.46. The number of carboxylic acids is 1. The number of H-pyrrole nitrogens is 2. The fraction of sp³-hybridized carbons (Fsp3) is 0.462. The van der Waals surface area contributed by atoms with Crippen molar-refractivity contribution in [3.63, 3.8) is 0 Å². The zero-order valence-electron chi connectivity index (χ0n) is 11.0. The summed E-state index contributed by atoms with van der Waals surface area (Å²) in [7, 11) is 0. The molecule has 0 spiro atoms. The highest BCUT2D eigenvalue weighted by Gasteiger charge is 2.24. The minimum atomic E-state index is -0.959. The van der Waals surface area contributed by atoms with Crippen LogP contribution >= 0.6 is 0 Å². The Hall–Kier alpha value is -2.15. The summed E-state index contributed by atoms with van der Waals surface area (Å²) in [6, 6.07) is 2.01. The molecular weight excluding hydrogens is 258 g/mol. The van der Waals surface area contributed by atoms with E-state index in [-0.39, 0.29) is 5.69 Å². The Morgan fingerprint density at radius 3 is 3.10 bits per heavy atom. The van der Waals surface area contributed by atoms with Crippen molar-refractivity contribution in [1.82, 2.24) is 25.3 Å². The van der Waals surface area contributed by atoms with Crippen molar-refractivity contribution in [2.45, 2.75) is 25.3 Å². The number of rotatable bonds is 4. The van der Waals surface area contributed by atoms with Crippen LogP contribution in [0.1, 0.15) is 40.5 Å². The topological polar surface area (TPSA) is 97.9 Å². The quantitative estimate of drug-likeness (QED) is 0.779. The van der Waals surface area contributed by atoms with E-state index < -0.39 is 5.97 Å². The number of carbonyl (C=O) groups is 1. The Morgan fingerprint density at radius 2 is 2.35 bits per heavy atom. The van der Waals surface area contributed by atoms with Crippen molar-refractivity contribution in [3.05, 3.63) is 35.4 Å². The third kappa shape index (κ3) is 2.57. The van der Waals surface area contributed by atoms with Crippen LogP contribution in [0.4, 0.5) is 0 Å². The first kappa shape index (κ1) is 12.9. The lowest BCUT2D eigenvalue weighted by atomic mass is 9.94. The zero-order chi connectivity index (χ0) is 13.9. The van der Waals surface area contributed by atoms with E-state index in [1.807, 2.05) is 6.07 Å². The van der Waals surface area contributed by atoms with Gasteiger partial charge in [-0.15, -0.1) is 0 Å². The minimum absolute atomic E-state index is 0.189. The Kier molecular flexibility index (Phi) is 3.51. The van der Waals surface area contributed by atoms with Gasteiger partial charge < -0.3 is 5.11 Å². The highest BCUT2D eigenvalue weighted by atomic mass is 16.4. The van der Waals surface area contributed by atoms with Crippen LogP contribution in [0.15, 0.2) is 18.5 Å². The summed E-state index contributed by atoms with van der Waals surface area (Å²) in [5.74, 6) is -0.522. The fourth-order valence-corrected chi connectivity index (χ4v) is 2.80. The first-order chi connectivity index (χ1) is 9.74. The second-order valence-corrected chi connectivity index (χ2v) is 5.16. The minimum Gasteiger partial charge on any atom is -0.477 e. The van der Waals surface area contributed by atoms with Crippen molar-refractivity contribution in [3.8, 4) is 0 Å². The van der Waals surface area contributed by atoms with Gasteiger partial charge in [-0.25, -0.2) is 4.79 Å². The van der Waals surface area contributed by atoms with E-state index in [0.29, 0.717) is 12.5 Å². The highest BCUT2D eigenvalue weighted by Crippen LogP contribution is 2.26. The molecule has 0 saturated carbocycles. The van der Waals surface area contributed by atoms with E-state index in [2.05, 4.69) is 25.3 Å². The molecule has 20 heavy (non-hydrogen) atoms. The summed E-state index contributed by atoms with van der Waals surface area (Å²) in [5, 5.41) is 22.5. The molecule has 3 N–H and O–H groups in total. The summed E-state index contributed by atoms with van der Waals surface area (Å²) in [5.41, 5.74) is 2.08. The van der Waals surface area contributed by atoms with Crippen LogP contribution in [0.5, 0.6) is 0 Å². The number of likely N-dealkylation sites (tertiary alicyclic amines) is 1. The van der Waals surface area contributed by atoms with Crippen molar-refractivity contribution in [2.24, 2.45) is 0 Å². The van der Waals surface area contributed by atoms with Crippen LogP contribution in [0, 0.1) is 0 Å². The zero-order valence-corrected chi connectivity index (χ0v) is 11.0. The molecule has 1 fully saturated rings. The Bertz CT molecular complexity index is 577. The monoisotopic (exact) mass is 275 g/mol. The molecule has 1 aliphatic rings. The van der Waals surface area contributed by atoms with E-state index >= 15 is 0 Å². The number of aromatic nitrogens is 4. The lowest BCUT2D eigenvalue weighted by molar-refractivity contribution is 0.0687. The number of nitrogens with one attached hydrogen (secondary N) is 2. The molecule has 0 unspecified atom stereocenters. The van der Waals surface area contributed by atoms with Gasteiger partial charge in [0.15, 0.2) is 0 Å². The molecule has 7 nitrogen and oxygen atoms in total. The summed E-state index contributed by atoms with van der Waals surface area (Å²) in [6.07, 6.45) is 5.61. The van der Waals surface area contributed by atoms with Crippen LogP contribution in [0.2, 0.25) is 0 Å². The van der Waals surface area contributed by atoms with Crippen molar-refractivity contribution < 1.29 is 9.90 Å². The Balaban J connectivity index is 1.68. The Labute approximate surface area is 116 Å².